The maximum Gasteiger partial charge on any atom is 0.329 e. The molecule has 1 aliphatic carbocycles. The molecule has 0 fully saturated rings. The first-order valence-electron chi connectivity index (χ1n) is 8.71. The standard InChI is InChI=1S/C20H20N2O6/c1-27-19(25)15(21-12-7-3-4-8-12)11-16(20(26)28-2)22-17(23)13-9-5-6-10-14(13)18(22)24/h3-10,12,15-16,21H,11H2,1-2H3. The van der Waals surface area contributed by atoms with E-state index >= 15 is 0 Å². The van der Waals surface area contributed by atoms with Crippen LogP contribution in [0, 0.1) is 0 Å². The zero-order valence-electron chi connectivity index (χ0n) is 15.5. The average molecular weight is 384 g/mol. The maximum absolute atomic E-state index is 12.8. The van der Waals surface area contributed by atoms with Crippen molar-refractivity contribution >= 4 is 23.8 Å². The van der Waals surface area contributed by atoms with E-state index in [9.17, 15) is 19.2 Å². The normalized spacial score (nSPS) is 17.6. The summed E-state index contributed by atoms with van der Waals surface area (Å²) >= 11 is 0. The van der Waals surface area contributed by atoms with E-state index in [0.29, 0.717) is 0 Å². The molecular weight excluding hydrogens is 364 g/mol. The lowest BCUT2D eigenvalue weighted by Crippen LogP contribution is -2.52. The minimum atomic E-state index is -1.27. The van der Waals surface area contributed by atoms with Gasteiger partial charge in [-0.1, -0.05) is 36.4 Å². The number of rotatable bonds is 7. The lowest BCUT2D eigenvalue weighted by molar-refractivity contribution is -0.148. The zero-order chi connectivity index (χ0) is 20.3. The summed E-state index contributed by atoms with van der Waals surface area (Å²) in [4.78, 5) is 51.1. The molecule has 28 heavy (non-hydrogen) atoms. The number of amides is 2. The van der Waals surface area contributed by atoms with Crippen molar-refractivity contribution in [2.45, 2.75) is 24.5 Å². The van der Waals surface area contributed by atoms with Crippen molar-refractivity contribution in [2.75, 3.05) is 14.2 Å². The molecule has 3 rings (SSSR count). The molecule has 2 atom stereocenters. The fourth-order valence-electron chi connectivity index (χ4n) is 3.31. The highest BCUT2D eigenvalue weighted by molar-refractivity contribution is 6.22. The highest BCUT2D eigenvalue weighted by atomic mass is 16.5. The Kier molecular flexibility index (Phi) is 5.70. The van der Waals surface area contributed by atoms with Gasteiger partial charge in [0.25, 0.3) is 11.8 Å². The Balaban J connectivity index is 1.89. The van der Waals surface area contributed by atoms with Crippen LogP contribution in [0.2, 0.25) is 0 Å². The van der Waals surface area contributed by atoms with Gasteiger partial charge in [-0.05, 0) is 12.1 Å². The molecule has 0 bridgehead atoms. The third-order valence-corrected chi connectivity index (χ3v) is 4.70. The Bertz CT molecular complexity index is 828. The van der Waals surface area contributed by atoms with Gasteiger partial charge < -0.3 is 9.47 Å². The summed E-state index contributed by atoms with van der Waals surface area (Å²) < 4.78 is 9.64. The number of nitrogens with zero attached hydrogens (tertiary/aromatic N) is 1. The summed E-state index contributed by atoms with van der Waals surface area (Å²) in [5.74, 6) is -2.59. The van der Waals surface area contributed by atoms with E-state index in [-0.39, 0.29) is 23.6 Å². The molecule has 0 radical (unpaired) electrons. The summed E-state index contributed by atoms with van der Waals surface area (Å²) in [6.07, 6.45) is 7.10. The molecule has 0 spiro atoms. The number of allylic oxidation sites excluding steroid dienone is 2. The number of carbonyl (C=O) groups excluding carboxylic acids is 4. The third-order valence-electron chi connectivity index (χ3n) is 4.70. The molecule has 0 saturated heterocycles. The molecular formula is C20H20N2O6. The van der Waals surface area contributed by atoms with Crippen LogP contribution in [0.15, 0.2) is 48.6 Å². The number of fused-ring (bicyclic) bond motifs is 1. The van der Waals surface area contributed by atoms with E-state index in [1.165, 1.54) is 19.2 Å². The second kappa shape index (κ2) is 8.18. The van der Waals surface area contributed by atoms with Gasteiger partial charge in [0.15, 0.2) is 0 Å². The van der Waals surface area contributed by atoms with Crippen LogP contribution in [0.3, 0.4) is 0 Å². The molecule has 1 heterocycles. The topological polar surface area (TPSA) is 102 Å². The minimum Gasteiger partial charge on any atom is -0.468 e. The minimum absolute atomic E-state index is 0.178. The van der Waals surface area contributed by atoms with Crippen molar-refractivity contribution in [3.63, 3.8) is 0 Å². The monoisotopic (exact) mass is 384 g/mol. The van der Waals surface area contributed by atoms with Gasteiger partial charge in [-0.25, -0.2) is 4.79 Å². The van der Waals surface area contributed by atoms with Crippen molar-refractivity contribution in [3.05, 3.63) is 59.7 Å². The predicted molar refractivity (Wildman–Crippen MR) is 98.4 cm³/mol. The third kappa shape index (κ3) is 3.59. The van der Waals surface area contributed by atoms with Crippen LogP contribution in [0.5, 0.6) is 0 Å². The van der Waals surface area contributed by atoms with Gasteiger partial charge in [0.05, 0.1) is 25.3 Å². The molecule has 2 amide bonds. The molecule has 1 aliphatic heterocycles. The number of hydrogen-bond donors (Lipinski definition) is 1. The van der Waals surface area contributed by atoms with Gasteiger partial charge in [0, 0.05) is 12.5 Å². The number of ether oxygens (including phenoxy) is 2. The molecule has 8 nitrogen and oxygen atoms in total. The van der Waals surface area contributed by atoms with Gasteiger partial charge in [0.2, 0.25) is 0 Å². The van der Waals surface area contributed by atoms with E-state index in [0.717, 1.165) is 12.0 Å². The van der Waals surface area contributed by atoms with Gasteiger partial charge in [0.1, 0.15) is 12.1 Å². The van der Waals surface area contributed by atoms with Crippen molar-refractivity contribution < 1.29 is 28.7 Å². The van der Waals surface area contributed by atoms with Crippen molar-refractivity contribution in [1.82, 2.24) is 10.2 Å². The fraction of sp³-hybridized carbons (Fsp3) is 0.300. The van der Waals surface area contributed by atoms with Crippen molar-refractivity contribution in [3.8, 4) is 0 Å². The lowest BCUT2D eigenvalue weighted by atomic mass is 10.0. The fourth-order valence-corrected chi connectivity index (χ4v) is 3.31. The van der Waals surface area contributed by atoms with Crippen LogP contribution in [0.1, 0.15) is 27.1 Å². The Hall–Kier alpha value is -3.26. The van der Waals surface area contributed by atoms with E-state index in [1.54, 1.807) is 12.1 Å². The summed E-state index contributed by atoms with van der Waals surface area (Å²) in [5, 5.41) is 3.05. The first-order chi connectivity index (χ1) is 13.5. The van der Waals surface area contributed by atoms with Crippen molar-refractivity contribution in [2.24, 2.45) is 0 Å². The predicted octanol–water partition coefficient (Wildman–Crippen LogP) is 0.840. The Labute approximate surface area is 161 Å². The summed E-state index contributed by atoms with van der Waals surface area (Å²) in [6.45, 7) is 0. The molecule has 146 valence electrons. The van der Waals surface area contributed by atoms with E-state index in [4.69, 9.17) is 9.47 Å². The average Bonchev–Trinajstić information content (AvgIpc) is 3.31. The van der Waals surface area contributed by atoms with Gasteiger partial charge in [-0.3, -0.25) is 24.6 Å². The van der Waals surface area contributed by atoms with Crippen LogP contribution < -0.4 is 5.32 Å². The lowest BCUT2D eigenvalue weighted by Gasteiger charge is -2.28. The Morgan fingerprint density at radius 2 is 1.54 bits per heavy atom. The molecule has 2 aliphatic rings. The summed E-state index contributed by atoms with van der Waals surface area (Å²) in [6, 6.07) is 3.88. The molecule has 0 aromatic heterocycles. The van der Waals surface area contributed by atoms with E-state index in [1.807, 2.05) is 24.3 Å². The number of carbonyl (C=O) groups is 4. The first-order valence-corrected chi connectivity index (χ1v) is 8.71. The number of nitrogens with one attached hydrogen (secondary N) is 1. The quantitative estimate of drug-likeness (QED) is 0.549. The largest absolute Gasteiger partial charge is 0.468 e. The van der Waals surface area contributed by atoms with Crippen LogP contribution in [-0.4, -0.2) is 61.0 Å². The van der Waals surface area contributed by atoms with Gasteiger partial charge in [-0.15, -0.1) is 0 Å². The number of methoxy groups -OCH3 is 2. The van der Waals surface area contributed by atoms with Gasteiger partial charge >= 0.3 is 11.9 Å². The summed E-state index contributed by atoms with van der Waals surface area (Å²) in [5.41, 5.74) is 0.427. The number of esters is 2. The zero-order valence-corrected chi connectivity index (χ0v) is 15.5. The molecule has 1 aromatic rings. The molecule has 1 N–H and O–H groups in total. The van der Waals surface area contributed by atoms with Crippen LogP contribution >= 0.6 is 0 Å². The van der Waals surface area contributed by atoms with Crippen LogP contribution in [0.25, 0.3) is 0 Å². The Morgan fingerprint density at radius 3 is 2.04 bits per heavy atom. The van der Waals surface area contributed by atoms with Gasteiger partial charge in [-0.2, -0.15) is 0 Å². The van der Waals surface area contributed by atoms with Crippen molar-refractivity contribution in [1.29, 1.82) is 0 Å². The first kappa shape index (κ1) is 19.5. The molecule has 0 saturated carbocycles. The second-order valence-electron chi connectivity index (χ2n) is 6.34. The second-order valence-corrected chi connectivity index (χ2v) is 6.34. The number of hydrogen-bond acceptors (Lipinski definition) is 7. The molecule has 1 aromatic carbocycles. The van der Waals surface area contributed by atoms with Crippen LogP contribution in [0.4, 0.5) is 0 Å². The SMILES string of the molecule is COC(=O)C(CC(C(=O)OC)N1C(=O)c2ccccc2C1=O)NC1C=CC=C1. The van der Waals surface area contributed by atoms with Crippen LogP contribution in [-0.2, 0) is 19.1 Å². The smallest absolute Gasteiger partial charge is 0.329 e. The highest BCUT2D eigenvalue weighted by Crippen LogP contribution is 2.27. The highest BCUT2D eigenvalue weighted by Gasteiger charge is 2.45. The summed E-state index contributed by atoms with van der Waals surface area (Å²) in [7, 11) is 2.39. The van der Waals surface area contributed by atoms with E-state index in [2.05, 4.69) is 5.32 Å². The van der Waals surface area contributed by atoms with E-state index < -0.39 is 35.8 Å². The number of benzene rings is 1. The molecule has 8 heteroatoms. The molecule has 2 unspecified atom stereocenters. The maximum atomic E-state index is 12.8. The Morgan fingerprint density at radius 1 is 1.00 bits per heavy atom. The number of imide groups is 1.